The molecule has 0 radical (unpaired) electrons. The fraction of sp³-hybridized carbons (Fsp3) is 0.0769. The summed E-state index contributed by atoms with van der Waals surface area (Å²) in [6.07, 6.45) is 1.51. The van der Waals surface area contributed by atoms with Crippen LogP contribution in [0.1, 0.15) is 15.9 Å². The number of hydrogen-bond acceptors (Lipinski definition) is 8. The van der Waals surface area contributed by atoms with Gasteiger partial charge in [-0.2, -0.15) is 5.10 Å². The predicted octanol–water partition coefficient (Wildman–Crippen LogP) is 5.52. The summed E-state index contributed by atoms with van der Waals surface area (Å²) in [6, 6.07) is 21.4. The van der Waals surface area contributed by atoms with Gasteiger partial charge in [-0.3, -0.25) is 4.79 Å². The van der Waals surface area contributed by atoms with Crippen LogP contribution in [0, 0.1) is 0 Å². The Labute approximate surface area is 216 Å². The van der Waals surface area contributed by atoms with Gasteiger partial charge in [0.2, 0.25) is 0 Å². The average molecular weight is 521 g/mol. The maximum atomic E-state index is 12.4. The molecule has 10 heteroatoms. The highest BCUT2D eigenvalue weighted by molar-refractivity contribution is 7.14. The van der Waals surface area contributed by atoms with E-state index < -0.39 is 5.97 Å². The molecular formula is C26H21ClN4O4S. The zero-order chi connectivity index (χ0) is 25.3. The zero-order valence-corrected chi connectivity index (χ0v) is 20.7. The molecule has 182 valence electrons. The molecule has 36 heavy (non-hydrogen) atoms. The van der Waals surface area contributed by atoms with Crippen molar-refractivity contribution in [2.45, 2.75) is 0 Å². The van der Waals surface area contributed by atoms with Crippen molar-refractivity contribution < 1.29 is 19.1 Å². The Morgan fingerprint density at radius 1 is 1.03 bits per heavy atom. The highest BCUT2D eigenvalue weighted by Crippen LogP contribution is 2.27. The summed E-state index contributed by atoms with van der Waals surface area (Å²) in [5.41, 5.74) is 6.33. The lowest BCUT2D eigenvalue weighted by Gasteiger charge is -2.04. The van der Waals surface area contributed by atoms with Crippen LogP contribution in [0.2, 0.25) is 5.02 Å². The van der Waals surface area contributed by atoms with Crippen LogP contribution in [-0.4, -0.2) is 36.8 Å². The van der Waals surface area contributed by atoms with Crippen LogP contribution in [0.4, 0.5) is 10.8 Å². The third-order valence-electron chi connectivity index (χ3n) is 4.89. The standard InChI is InChI=1S/C26H21ClN4O4S/c1-34-24(32)15-35-22-12-2-17(3-13-22)14-28-31-25(33)19-6-4-18(5-7-19)23-16-36-26(30-23)29-21-10-8-20(27)9-11-21/h2-14,16H,15H2,1H3,(H,29,30)(H,31,33)/b28-14-. The third-order valence-corrected chi connectivity index (χ3v) is 5.90. The van der Waals surface area contributed by atoms with E-state index in [9.17, 15) is 9.59 Å². The van der Waals surface area contributed by atoms with E-state index in [0.29, 0.717) is 16.3 Å². The second-order valence-corrected chi connectivity index (χ2v) is 8.67. The monoisotopic (exact) mass is 520 g/mol. The molecule has 0 saturated heterocycles. The third kappa shape index (κ3) is 6.91. The summed E-state index contributed by atoms with van der Waals surface area (Å²) in [5, 5.41) is 10.6. The number of ether oxygens (including phenoxy) is 2. The van der Waals surface area contributed by atoms with Crippen LogP contribution in [-0.2, 0) is 9.53 Å². The van der Waals surface area contributed by atoms with Crippen LogP contribution in [0.3, 0.4) is 0 Å². The molecule has 0 aliphatic heterocycles. The Balaban J connectivity index is 1.30. The Kier molecular flexibility index (Phi) is 8.28. The second kappa shape index (κ2) is 12.0. The van der Waals surface area contributed by atoms with E-state index in [-0.39, 0.29) is 12.5 Å². The molecule has 2 N–H and O–H groups in total. The highest BCUT2D eigenvalue weighted by atomic mass is 35.5. The lowest BCUT2D eigenvalue weighted by Crippen LogP contribution is -2.17. The first-order valence-electron chi connectivity index (χ1n) is 10.7. The van der Waals surface area contributed by atoms with Crippen molar-refractivity contribution in [3.8, 4) is 17.0 Å². The number of methoxy groups -OCH3 is 1. The van der Waals surface area contributed by atoms with Gasteiger partial charge in [0.25, 0.3) is 5.91 Å². The number of esters is 1. The van der Waals surface area contributed by atoms with Gasteiger partial charge in [-0.05, 0) is 66.2 Å². The predicted molar refractivity (Wildman–Crippen MR) is 141 cm³/mol. The van der Waals surface area contributed by atoms with Crippen LogP contribution < -0.4 is 15.5 Å². The number of rotatable bonds is 9. The van der Waals surface area contributed by atoms with Crippen LogP contribution in [0.5, 0.6) is 5.75 Å². The van der Waals surface area contributed by atoms with Crippen molar-refractivity contribution in [2.24, 2.45) is 5.10 Å². The van der Waals surface area contributed by atoms with Gasteiger partial charge in [0, 0.05) is 27.2 Å². The van der Waals surface area contributed by atoms with Gasteiger partial charge in [-0.15, -0.1) is 11.3 Å². The van der Waals surface area contributed by atoms with Crippen LogP contribution in [0.25, 0.3) is 11.3 Å². The first-order valence-corrected chi connectivity index (χ1v) is 12.0. The number of hydrogen-bond donors (Lipinski definition) is 2. The normalized spacial score (nSPS) is 10.7. The number of nitrogens with zero attached hydrogens (tertiary/aromatic N) is 2. The summed E-state index contributed by atoms with van der Waals surface area (Å²) in [5.74, 6) is -0.271. The Hall–Kier alpha value is -4.21. The van der Waals surface area contributed by atoms with Crippen molar-refractivity contribution in [3.63, 3.8) is 0 Å². The molecule has 4 rings (SSSR count). The van der Waals surface area contributed by atoms with Gasteiger partial charge in [0.1, 0.15) is 5.75 Å². The molecule has 0 saturated carbocycles. The van der Waals surface area contributed by atoms with Crippen molar-refractivity contribution >= 4 is 51.8 Å². The minimum absolute atomic E-state index is 0.164. The number of thiazole rings is 1. The summed E-state index contributed by atoms with van der Waals surface area (Å²) >= 11 is 7.41. The molecule has 0 atom stereocenters. The zero-order valence-electron chi connectivity index (χ0n) is 19.1. The van der Waals surface area contributed by atoms with Gasteiger partial charge < -0.3 is 14.8 Å². The number of aromatic nitrogens is 1. The number of nitrogens with one attached hydrogen (secondary N) is 2. The molecule has 0 bridgehead atoms. The van der Waals surface area contributed by atoms with E-state index in [1.807, 2.05) is 41.8 Å². The van der Waals surface area contributed by atoms with E-state index >= 15 is 0 Å². The Morgan fingerprint density at radius 3 is 2.44 bits per heavy atom. The minimum atomic E-state index is -0.459. The van der Waals surface area contributed by atoms with E-state index in [2.05, 4.69) is 25.6 Å². The molecule has 0 unspecified atom stereocenters. The lowest BCUT2D eigenvalue weighted by molar-refractivity contribution is -0.142. The number of halogens is 1. The van der Waals surface area contributed by atoms with E-state index in [0.717, 1.165) is 27.6 Å². The molecule has 1 heterocycles. The van der Waals surface area contributed by atoms with Gasteiger partial charge in [-0.25, -0.2) is 15.2 Å². The molecule has 1 amide bonds. The fourth-order valence-corrected chi connectivity index (χ4v) is 3.86. The SMILES string of the molecule is COC(=O)COc1ccc(/C=N\NC(=O)c2ccc(-c3csc(Nc4ccc(Cl)cc4)n3)cc2)cc1. The number of hydrazone groups is 1. The van der Waals surface area contributed by atoms with E-state index in [4.69, 9.17) is 16.3 Å². The molecule has 0 fully saturated rings. The Bertz CT molecular complexity index is 1350. The van der Waals surface area contributed by atoms with Crippen LogP contribution in [0.15, 0.2) is 83.3 Å². The number of benzene rings is 3. The topological polar surface area (TPSA) is 102 Å². The maximum Gasteiger partial charge on any atom is 0.343 e. The van der Waals surface area contributed by atoms with E-state index in [1.165, 1.54) is 24.7 Å². The molecule has 0 aliphatic rings. The largest absolute Gasteiger partial charge is 0.482 e. The van der Waals surface area contributed by atoms with Gasteiger partial charge in [-0.1, -0.05) is 23.7 Å². The van der Waals surface area contributed by atoms with Crippen molar-refractivity contribution in [3.05, 3.63) is 94.3 Å². The molecule has 8 nitrogen and oxygen atoms in total. The highest BCUT2D eigenvalue weighted by Gasteiger charge is 2.08. The average Bonchev–Trinajstić information content (AvgIpc) is 3.38. The molecule has 4 aromatic rings. The summed E-state index contributed by atoms with van der Waals surface area (Å²) in [6.45, 7) is -0.164. The lowest BCUT2D eigenvalue weighted by atomic mass is 10.1. The van der Waals surface area contributed by atoms with Crippen molar-refractivity contribution in [1.29, 1.82) is 0 Å². The van der Waals surface area contributed by atoms with E-state index in [1.54, 1.807) is 36.4 Å². The van der Waals surface area contributed by atoms with Gasteiger partial charge >= 0.3 is 5.97 Å². The number of amides is 1. The first kappa shape index (κ1) is 24.9. The second-order valence-electron chi connectivity index (χ2n) is 7.38. The molecule has 3 aromatic carbocycles. The smallest absolute Gasteiger partial charge is 0.343 e. The Morgan fingerprint density at radius 2 is 1.75 bits per heavy atom. The number of anilines is 2. The summed E-state index contributed by atoms with van der Waals surface area (Å²) < 4.78 is 9.81. The van der Waals surface area contributed by atoms with Crippen molar-refractivity contribution in [1.82, 2.24) is 10.4 Å². The molecule has 1 aromatic heterocycles. The summed E-state index contributed by atoms with van der Waals surface area (Å²) in [4.78, 5) is 28.1. The summed E-state index contributed by atoms with van der Waals surface area (Å²) in [7, 11) is 1.30. The molecule has 0 spiro atoms. The van der Waals surface area contributed by atoms with Gasteiger partial charge in [0.15, 0.2) is 11.7 Å². The fourth-order valence-electron chi connectivity index (χ4n) is 2.99. The van der Waals surface area contributed by atoms with Crippen molar-refractivity contribution in [2.75, 3.05) is 19.0 Å². The van der Waals surface area contributed by atoms with Crippen LogP contribution >= 0.6 is 22.9 Å². The maximum absolute atomic E-state index is 12.4. The quantitative estimate of drug-likeness (QED) is 0.171. The first-order chi connectivity index (χ1) is 17.5. The molecular weight excluding hydrogens is 500 g/mol. The molecule has 0 aliphatic carbocycles. The number of carbonyl (C=O) groups excluding carboxylic acids is 2. The van der Waals surface area contributed by atoms with Gasteiger partial charge in [0.05, 0.1) is 19.0 Å². The number of carbonyl (C=O) groups is 2. The minimum Gasteiger partial charge on any atom is -0.482 e.